The molecule has 0 unspecified atom stereocenters. The normalized spacial score (nSPS) is 10.8. The first kappa shape index (κ1) is 9.65. The molecule has 3 aromatic rings. The van der Waals surface area contributed by atoms with E-state index in [1.165, 1.54) is 0 Å². The van der Waals surface area contributed by atoms with E-state index in [1.807, 2.05) is 30.3 Å². The summed E-state index contributed by atoms with van der Waals surface area (Å²) in [5.74, 6) is 0. The molecule has 5 N–H and O–H groups in total. The Bertz CT molecular complexity index is 672. The largest absolute Gasteiger partial charge is 0.397 e. The molecule has 5 nitrogen and oxygen atoms in total. The zero-order valence-corrected chi connectivity index (χ0v) is 9.01. The van der Waals surface area contributed by atoms with Crippen molar-refractivity contribution >= 4 is 22.4 Å². The van der Waals surface area contributed by atoms with Gasteiger partial charge in [-0.3, -0.25) is 5.10 Å². The Kier molecular flexibility index (Phi) is 1.98. The van der Waals surface area contributed by atoms with Crippen LogP contribution < -0.4 is 11.5 Å². The minimum absolute atomic E-state index is 0.530. The van der Waals surface area contributed by atoms with E-state index in [0.29, 0.717) is 11.4 Å². The predicted molar refractivity (Wildman–Crippen MR) is 68.1 cm³/mol. The molecule has 0 saturated heterocycles. The van der Waals surface area contributed by atoms with E-state index in [9.17, 15) is 0 Å². The van der Waals surface area contributed by atoms with Crippen molar-refractivity contribution in [3.63, 3.8) is 0 Å². The van der Waals surface area contributed by atoms with Crippen molar-refractivity contribution in [2.24, 2.45) is 0 Å². The van der Waals surface area contributed by atoms with Crippen LogP contribution in [0.4, 0.5) is 11.4 Å². The van der Waals surface area contributed by atoms with E-state index in [0.717, 1.165) is 22.2 Å². The third-order valence-electron chi connectivity index (χ3n) is 2.76. The predicted octanol–water partition coefficient (Wildman–Crippen LogP) is 1.79. The first-order valence-electron chi connectivity index (χ1n) is 5.21. The SMILES string of the molecule is Nc1cc2[nH]nnc2c(-c2ccccc2)c1N. The first-order valence-corrected chi connectivity index (χ1v) is 5.21. The Morgan fingerprint density at radius 2 is 1.82 bits per heavy atom. The monoisotopic (exact) mass is 225 g/mol. The fourth-order valence-corrected chi connectivity index (χ4v) is 1.92. The van der Waals surface area contributed by atoms with Gasteiger partial charge in [-0.1, -0.05) is 35.5 Å². The van der Waals surface area contributed by atoms with Crippen LogP contribution in [0, 0.1) is 0 Å². The molecule has 3 rings (SSSR count). The zero-order chi connectivity index (χ0) is 11.8. The second kappa shape index (κ2) is 3.48. The molecular weight excluding hydrogens is 214 g/mol. The molecule has 5 heteroatoms. The van der Waals surface area contributed by atoms with Gasteiger partial charge in [0, 0.05) is 5.56 Å². The number of nitrogens with two attached hydrogens (primary N) is 2. The molecule has 0 atom stereocenters. The zero-order valence-electron chi connectivity index (χ0n) is 9.01. The van der Waals surface area contributed by atoms with Gasteiger partial charge in [-0.05, 0) is 11.6 Å². The Balaban J connectivity index is 2.42. The van der Waals surface area contributed by atoms with E-state index in [1.54, 1.807) is 6.07 Å². The quantitative estimate of drug-likeness (QED) is 0.550. The Hall–Kier alpha value is -2.56. The second-order valence-corrected chi connectivity index (χ2v) is 3.83. The van der Waals surface area contributed by atoms with E-state index >= 15 is 0 Å². The van der Waals surface area contributed by atoms with Crippen molar-refractivity contribution in [1.82, 2.24) is 15.4 Å². The Morgan fingerprint density at radius 1 is 1.06 bits per heavy atom. The van der Waals surface area contributed by atoms with Crippen LogP contribution in [0.1, 0.15) is 0 Å². The number of nitrogen functional groups attached to an aromatic ring is 2. The van der Waals surface area contributed by atoms with Crippen LogP contribution in [0.15, 0.2) is 36.4 Å². The number of aromatic amines is 1. The highest BCUT2D eigenvalue weighted by Crippen LogP contribution is 2.35. The highest BCUT2D eigenvalue weighted by molar-refractivity contribution is 6.02. The van der Waals surface area contributed by atoms with Crippen molar-refractivity contribution in [2.75, 3.05) is 11.5 Å². The molecule has 17 heavy (non-hydrogen) atoms. The number of rotatable bonds is 1. The molecule has 84 valence electrons. The Morgan fingerprint density at radius 3 is 2.59 bits per heavy atom. The lowest BCUT2D eigenvalue weighted by molar-refractivity contribution is 0.959. The average Bonchev–Trinajstić information content (AvgIpc) is 2.79. The number of hydrogen-bond acceptors (Lipinski definition) is 4. The fourth-order valence-electron chi connectivity index (χ4n) is 1.92. The van der Waals surface area contributed by atoms with E-state index in [-0.39, 0.29) is 0 Å². The summed E-state index contributed by atoms with van der Waals surface area (Å²) in [6.45, 7) is 0. The van der Waals surface area contributed by atoms with Crippen molar-refractivity contribution in [1.29, 1.82) is 0 Å². The van der Waals surface area contributed by atoms with Gasteiger partial charge in [0.05, 0.1) is 16.9 Å². The van der Waals surface area contributed by atoms with Crippen molar-refractivity contribution in [3.05, 3.63) is 36.4 Å². The first-order chi connectivity index (χ1) is 8.27. The summed E-state index contributed by atoms with van der Waals surface area (Å²) >= 11 is 0. The third-order valence-corrected chi connectivity index (χ3v) is 2.76. The number of anilines is 2. The summed E-state index contributed by atoms with van der Waals surface area (Å²) in [4.78, 5) is 0. The van der Waals surface area contributed by atoms with Gasteiger partial charge in [0.15, 0.2) is 0 Å². The van der Waals surface area contributed by atoms with Crippen molar-refractivity contribution in [3.8, 4) is 11.1 Å². The molecule has 1 heterocycles. The molecular formula is C12H11N5. The molecule has 0 fully saturated rings. The van der Waals surface area contributed by atoms with Gasteiger partial charge in [0.1, 0.15) is 5.52 Å². The summed E-state index contributed by atoms with van der Waals surface area (Å²) in [7, 11) is 0. The topological polar surface area (TPSA) is 93.6 Å². The highest BCUT2D eigenvalue weighted by atomic mass is 15.3. The van der Waals surface area contributed by atoms with E-state index in [4.69, 9.17) is 11.5 Å². The molecule has 0 spiro atoms. The van der Waals surface area contributed by atoms with Crippen molar-refractivity contribution in [2.45, 2.75) is 0 Å². The fraction of sp³-hybridized carbons (Fsp3) is 0. The molecule has 0 aliphatic rings. The van der Waals surface area contributed by atoms with Gasteiger partial charge in [-0.2, -0.15) is 0 Å². The van der Waals surface area contributed by atoms with Crippen LogP contribution in [-0.4, -0.2) is 15.4 Å². The number of H-pyrrole nitrogens is 1. The molecule has 2 aromatic carbocycles. The maximum absolute atomic E-state index is 6.03. The van der Waals surface area contributed by atoms with Crippen LogP contribution in [0.2, 0.25) is 0 Å². The summed E-state index contributed by atoms with van der Waals surface area (Å²) in [6, 6.07) is 11.5. The van der Waals surface area contributed by atoms with Crippen LogP contribution in [-0.2, 0) is 0 Å². The second-order valence-electron chi connectivity index (χ2n) is 3.83. The summed E-state index contributed by atoms with van der Waals surface area (Å²) in [5.41, 5.74) is 16.3. The van der Waals surface area contributed by atoms with Gasteiger partial charge in [0.2, 0.25) is 0 Å². The van der Waals surface area contributed by atoms with Gasteiger partial charge in [-0.25, -0.2) is 0 Å². The average molecular weight is 225 g/mol. The van der Waals surface area contributed by atoms with Crippen LogP contribution in [0.5, 0.6) is 0 Å². The minimum Gasteiger partial charge on any atom is -0.397 e. The van der Waals surface area contributed by atoms with E-state index < -0.39 is 0 Å². The number of hydrogen-bond donors (Lipinski definition) is 3. The molecule has 1 aromatic heterocycles. The summed E-state index contributed by atoms with van der Waals surface area (Å²) in [6.07, 6.45) is 0. The lowest BCUT2D eigenvalue weighted by Crippen LogP contribution is -1.98. The van der Waals surface area contributed by atoms with Crippen LogP contribution in [0.25, 0.3) is 22.2 Å². The maximum Gasteiger partial charge on any atom is 0.122 e. The van der Waals surface area contributed by atoms with Crippen molar-refractivity contribution < 1.29 is 0 Å². The molecule has 0 aliphatic heterocycles. The molecule has 0 radical (unpaired) electrons. The van der Waals surface area contributed by atoms with Crippen LogP contribution in [0.3, 0.4) is 0 Å². The minimum atomic E-state index is 0.530. The number of aromatic nitrogens is 3. The molecule has 0 amide bonds. The molecule has 0 bridgehead atoms. The summed E-state index contributed by atoms with van der Waals surface area (Å²) in [5, 5.41) is 10.6. The molecule has 0 saturated carbocycles. The van der Waals surface area contributed by atoms with Gasteiger partial charge >= 0.3 is 0 Å². The van der Waals surface area contributed by atoms with Gasteiger partial charge in [0.25, 0.3) is 0 Å². The number of nitrogens with one attached hydrogen (secondary N) is 1. The lowest BCUT2D eigenvalue weighted by atomic mass is 10.0. The maximum atomic E-state index is 6.03. The lowest BCUT2D eigenvalue weighted by Gasteiger charge is -2.08. The molecule has 0 aliphatic carbocycles. The van der Waals surface area contributed by atoms with Crippen LogP contribution >= 0.6 is 0 Å². The number of fused-ring (bicyclic) bond motifs is 1. The highest BCUT2D eigenvalue weighted by Gasteiger charge is 2.13. The standard InChI is InChI=1S/C12H11N5/c13-8-6-9-12(16-17-15-9)10(11(8)14)7-4-2-1-3-5-7/h1-6H,13-14H2,(H,15,16,17). The van der Waals surface area contributed by atoms with Gasteiger partial charge in [-0.15, -0.1) is 5.10 Å². The smallest absolute Gasteiger partial charge is 0.122 e. The van der Waals surface area contributed by atoms with E-state index in [2.05, 4.69) is 15.4 Å². The number of nitrogens with zero attached hydrogens (tertiary/aromatic N) is 2. The van der Waals surface area contributed by atoms with Gasteiger partial charge < -0.3 is 11.5 Å². The Labute approximate surface area is 97.4 Å². The number of benzene rings is 2. The summed E-state index contributed by atoms with van der Waals surface area (Å²) < 4.78 is 0. The third kappa shape index (κ3) is 1.40.